The van der Waals surface area contributed by atoms with E-state index < -0.39 is 0 Å². The normalized spacial score (nSPS) is 13.7. The van der Waals surface area contributed by atoms with Crippen molar-refractivity contribution >= 4 is 18.5 Å². The van der Waals surface area contributed by atoms with Crippen LogP contribution in [0.25, 0.3) is 0 Å². The highest BCUT2D eigenvalue weighted by Crippen LogP contribution is 2.49. The highest BCUT2D eigenvalue weighted by atomic mass is 31.0. The van der Waals surface area contributed by atoms with Gasteiger partial charge in [-0.3, -0.25) is 0 Å². The van der Waals surface area contributed by atoms with Gasteiger partial charge in [-0.15, -0.1) is 18.5 Å². The van der Waals surface area contributed by atoms with Crippen molar-refractivity contribution in [2.75, 3.05) is 0 Å². The van der Waals surface area contributed by atoms with E-state index in [0.29, 0.717) is 23.7 Å². The predicted octanol–water partition coefficient (Wildman–Crippen LogP) is 6.45. The zero-order chi connectivity index (χ0) is 17.3. The Morgan fingerprint density at radius 2 is 0.909 bits per heavy atom. The molecule has 2 unspecified atom stereocenters. The Labute approximate surface area is 143 Å². The molecule has 1 aromatic rings. The molecule has 0 aliphatic carbocycles. The molecule has 1 aromatic carbocycles. The fourth-order valence-electron chi connectivity index (χ4n) is 3.72. The summed E-state index contributed by atoms with van der Waals surface area (Å²) in [4.78, 5) is 0. The van der Waals surface area contributed by atoms with Crippen LogP contribution in [0.5, 0.6) is 0 Å². The lowest BCUT2D eigenvalue weighted by Gasteiger charge is -2.42. The van der Waals surface area contributed by atoms with Crippen molar-refractivity contribution in [3.63, 3.8) is 0 Å². The van der Waals surface area contributed by atoms with E-state index in [-0.39, 0.29) is 10.3 Å². The molecule has 0 bridgehead atoms. The second-order valence-corrected chi connectivity index (χ2v) is 9.98. The van der Waals surface area contributed by atoms with Gasteiger partial charge in [0.2, 0.25) is 0 Å². The van der Waals surface area contributed by atoms with E-state index >= 15 is 0 Å². The van der Waals surface area contributed by atoms with Gasteiger partial charge in [0.1, 0.15) is 0 Å². The van der Waals surface area contributed by atoms with E-state index in [4.69, 9.17) is 0 Å². The van der Waals surface area contributed by atoms with Crippen molar-refractivity contribution in [3.8, 4) is 0 Å². The molecule has 2 heteroatoms. The largest absolute Gasteiger partial charge is 0.126 e. The molecule has 126 valence electrons. The standard InChI is InChI=1S/C20H36P2/c1-13(2)19(21,14(3)4)17-10-9-11-18(12-17)20(22,15(5)6)16(7)8/h9-16H,21-22H2,1-8H3. The third-order valence-electron chi connectivity index (χ3n) is 5.68. The summed E-state index contributed by atoms with van der Waals surface area (Å²) in [5.74, 6) is 2.35. The van der Waals surface area contributed by atoms with Gasteiger partial charge in [-0.25, -0.2) is 0 Å². The molecule has 0 nitrogen and oxygen atoms in total. The molecule has 0 saturated carbocycles. The van der Waals surface area contributed by atoms with Crippen LogP contribution in [0.2, 0.25) is 0 Å². The van der Waals surface area contributed by atoms with Crippen LogP contribution in [0.3, 0.4) is 0 Å². The van der Waals surface area contributed by atoms with E-state index in [1.807, 2.05) is 0 Å². The van der Waals surface area contributed by atoms with Crippen LogP contribution in [-0.4, -0.2) is 0 Å². The Hall–Kier alpha value is 0.0800. The molecule has 0 aliphatic heterocycles. The molecule has 2 atom stereocenters. The minimum absolute atomic E-state index is 0.134. The first kappa shape index (κ1) is 20.1. The summed E-state index contributed by atoms with van der Waals surface area (Å²) < 4.78 is 0. The fraction of sp³-hybridized carbons (Fsp3) is 0.700. The molecule has 0 aromatic heterocycles. The van der Waals surface area contributed by atoms with Crippen LogP contribution in [0.15, 0.2) is 24.3 Å². The van der Waals surface area contributed by atoms with Crippen LogP contribution in [0, 0.1) is 23.7 Å². The Bertz CT molecular complexity index is 429. The lowest BCUT2D eigenvalue weighted by molar-refractivity contribution is 0.331. The quantitative estimate of drug-likeness (QED) is 0.523. The average molecular weight is 338 g/mol. The third kappa shape index (κ3) is 3.44. The number of rotatable bonds is 6. The monoisotopic (exact) mass is 338 g/mol. The Morgan fingerprint density at radius 3 is 1.14 bits per heavy atom. The van der Waals surface area contributed by atoms with Crippen molar-refractivity contribution < 1.29 is 0 Å². The maximum Gasteiger partial charge on any atom is 0.0143 e. The maximum atomic E-state index is 3.17. The lowest BCUT2D eigenvalue weighted by Crippen LogP contribution is -2.34. The second-order valence-electron chi connectivity index (χ2n) is 8.07. The van der Waals surface area contributed by atoms with Crippen LogP contribution in [-0.2, 0) is 10.3 Å². The number of hydrogen-bond donors (Lipinski definition) is 0. The van der Waals surface area contributed by atoms with Gasteiger partial charge in [0.15, 0.2) is 0 Å². The number of benzene rings is 1. The van der Waals surface area contributed by atoms with Gasteiger partial charge in [-0.1, -0.05) is 79.7 Å². The van der Waals surface area contributed by atoms with Crippen LogP contribution in [0.4, 0.5) is 0 Å². The minimum atomic E-state index is 0.134. The third-order valence-corrected chi connectivity index (χ3v) is 9.02. The van der Waals surface area contributed by atoms with Gasteiger partial charge in [0, 0.05) is 10.3 Å². The molecule has 0 amide bonds. The summed E-state index contributed by atoms with van der Waals surface area (Å²) in [5, 5.41) is 0.269. The number of hydrogen-bond acceptors (Lipinski definition) is 0. The Morgan fingerprint density at radius 1 is 0.636 bits per heavy atom. The first-order valence-corrected chi connectivity index (χ1v) is 9.83. The van der Waals surface area contributed by atoms with Crippen molar-refractivity contribution in [2.45, 2.75) is 65.7 Å². The second kappa shape index (κ2) is 7.32. The van der Waals surface area contributed by atoms with Crippen molar-refractivity contribution in [1.29, 1.82) is 0 Å². The summed E-state index contributed by atoms with van der Waals surface area (Å²) in [7, 11) is 6.33. The molecule has 0 N–H and O–H groups in total. The van der Waals surface area contributed by atoms with Crippen molar-refractivity contribution in [2.24, 2.45) is 23.7 Å². The van der Waals surface area contributed by atoms with Crippen LogP contribution >= 0.6 is 18.5 Å². The van der Waals surface area contributed by atoms with E-state index in [0.717, 1.165) is 0 Å². The van der Waals surface area contributed by atoms with Gasteiger partial charge < -0.3 is 0 Å². The highest BCUT2D eigenvalue weighted by Gasteiger charge is 2.38. The zero-order valence-electron chi connectivity index (χ0n) is 15.8. The average Bonchev–Trinajstić information content (AvgIpc) is 2.44. The summed E-state index contributed by atoms with van der Waals surface area (Å²) in [5.41, 5.74) is 2.90. The minimum Gasteiger partial charge on any atom is -0.126 e. The first-order chi connectivity index (χ1) is 9.98. The summed E-state index contributed by atoms with van der Waals surface area (Å²) in [6, 6.07) is 9.32. The maximum absolute atomic E-state index is 3.17. The van der Waals surface area contributed by atoms with Crippen molar-refractivity contribution in [3.05, 3.63) is 35.4 Å². The fourth-order valence-corrected chi connectivity index (χ4v) is 4.08. The summed E-state index contributed by atoms with van der Waals surface area (Å²) >= 11 is 0. The summed E-state index contributed by atoms with van der Waals surface area (Å²) in [6.07, 6.45) is 0. The van der Waals surface area contributed by atoms with E-state index in [2.05, 4.69) is 98.1 Å². The van der Waals surface area contributed by atoms with Crippen LogP contribution in [0.1, 0.15) is 66.5 Å². The topological polar surface area (TPSA) is 0 Å². The lowest BCUT2D eigenvalue weighted by atomic mass is 9.74. The van der Waals surface area contributed by atoms with Gasteiger partial charge in [0.25, 0.3) is 0 Å². The molecule has 0 heterocycles. The van der Waals surface area contributed by atoms with E-state index in [1.165, 1.54) is 11.1 Å². The van der Waals surface area contributed by atoms with Crippen LogP contribution < -0.4 is 0 Å². The molecule has 0 spiro atoms. The molecule has 0 saturated heterocycles. The zero-order valence-corrected chi connectivity index (χ0v) is 18.1. The van der Waals surface area contributed by atoms with E-state index in [9.17, 15) is 0 Å². The molecular weight excluding hydrogens is 302 g/mol. The van der Waals surface area contributed by atoms with E-state index in [1.54, 1.807) is 0 Å². The molecule has 1 rings (SSSR count). The van der Waals surface area contributed by atoms with Gasteiger partial charge >= 0.3 is 0 Å². The van der Waals surface area contributed by atoms with Crippen molar-refractivity contribution in [1.82, 2.24) is 0 Å². The Balaban J connectivity index is 3.47. The predicted molar refractivity (Wildman–Crippen MR) is 109 cm³/mol. The first-order valence-electron chi connectivity index (χ1n) is 8.67. The van der Waals surface area contributed by atoms with Gasteiger partial charge in [-0.2, -0.15) is 0 Å². The summed E-state index contributed by atoms with van der Waals surface area (Å²) in [6.45, 7) is 18.7. The molecule has 0 fully saturated rings. The molecule has 0 aliphatic rings. The van der Waals surface area contributed by atoms with Gasteiger partial charge in [0.05, 0.1) is 0 Å². The SMILES string of the molecule is CC(C)C(P)(c1cccc(C(P)(C(C)C)C(C)C)c1)C(C)C. The highest BCUT2D eigenvalue weighted by molar-refractivity contribution is 7.18. The van der Waals surface area contributed by atoms with Gasteiger partial charge in [-0.05, 0) is 34.8 Å². The Kier molecular flexibility index (Phi) is 6.69. The smallest absolute Gasteiger partial charge is 0.0143 e. The molecule has 0 radical (unpaired) electrons. The molecular formula is C20H36P2. The molecule has 22 heavy (non-hydrogen) atoms.